The molecule has 14 heteroatoms. The first-order valence-electron chi connectivity index (χ1n) is 11.0. The van der Waals surface area contributed by atoms with Crippen LogP contribution >= 0.6 is 0 Å². The third-order valence-corrected chi connectivity index (χ3v) is 8.43. The Morgan fingerprint density at radius 3 is 2.30 bits per heavy atom. The van der Waals surface area contributed by atoms with Crippen LogP contribution in [0, 0.1) is 11.6 Å². The maximum absolute atomic E-state index is 13.9. The summed E-state index contributed by atoms with van der Waals surface area (Å²) in [6.07, 6.45) is -3.91. The minimum Gasteiger partial charge on any atom is -0.384 e. The average Bonchev–Trinajstić information content (AvgIpc) is 2.85. The highest BCUT2D eigenvalue weighted by molar-refractivity contribution is 7.92. The third kappa shape index (κ3) is 5.07. The van der Waals surface area contributed by atoms with Gasteiger partial charge in [0.25, 0.3) is 0 Å². The van der Waals surface area contributed by atoms with E-state index in [1.165, 1.54) is 13.8 Å². The number of morpholine rings is 1. The number of hydrogen-bond donors (Lipinski definition) is 1. The molecule has 0 aliphatic carbocycles. The molecular weight excluding hydrogens is 521 g/mol. The predicted molar refractivity (Wildman–Crippen MR) is 124 cm³/mol. The zero-order valence-corrected chi connectivity index (χ0v) is 20.5. The molecule has 4 rings (SSSR count). The molecule has 1 aliphatic rings. The summed E-state index contributed by atoms with van der Waals surface area (Å²) in [5.41, 5.74) is 3.55. The lowest BCUT2D eigenvalue weighted by Gasteiger charge is -2.30. The van der Waals surface area contributed by atoms with Gasteiger partial charge in [0.1, 0.15) is 10.6 Å². The fourth-order valence-electron chi connectivity index (χ4n) is 3.77. The molecule has 1 aromatic carbocycles. The van der Waals surface area contributed by atoms with Crippen LogP contribution in [0.3, 0.4) is 0 Å². The number of ether oxygens (including phenoxy) is 1. The molecule has 0 saturated carbocycles. The maximum Gasteiger partial charge on any atom is 0.417 e. The molecule has 1 aliphatic heterocycles. The summed E-state index contributed by atoms with van der Waals surface area (Å²) in [6, 6.07) is 3.91. The highest BCUT2D eigenvalue weighted by Gasteiger charge is 2.41. The highest BCUT2D eigenvalue weighted by Crippen LogP contribution is 2.40. The van der Waals surface area contributed by atoms with Crippen molar-refractivity contribution in [1.29, 1.82) is 0 Å². The van der Waals surface area contributed by atoms with Crippen LogP contribution in [0.1, 0.15) is 25.1 Å². The smallest absolute Gasteiger partial charge is 0.384 e. The molecule has 0 amide bonds. The van der Waals surface area contributed by atoms with Crippen LogP contribution in [0.4, 0.5) is 33.7 Å². The molecule has 198 valence electrons. The van der Waals surface area contributed by atoms with E-state index >= 15 is 0 Å². The Bertz CT molecular complexity index is 1440. The minimum absolute atomic E-state index is 0.0192. The van der Waals surface area contributed by atoms with Crippen LogP contribution in [0.5, 0.6) is 0 Å². The molecule has 2 N–H and O–H groups in total. The van der Waals surface area contributed by atoms with Crippen LogP contribution in [0.15, 0.2) is 41.4 Å². The summed E-state index contributed by atoms with van der Waals surface area (Å²) < 4.78 is 99.4. The van der Waals surface area contributed by atoms with E-state index in [4.69, 9.17) is 10.5 Å². The number of nitrogens with zero attached hydrogens (tertiary/aromatic N) is 4. The van der Waals surface area contributed by atoms with Crippen molar-refractivity contribution in [3.63, 3.8) is 0 Å². The van der Waals surface area contributed by atoms with Crippen molar-refractivity contribution in [2.24, 2.45) is 0 Å². The number of benzene rings is 1. The fraction of sp³-hybridized carbons (Fsp3) is 0.348. The van der Waals surface area contributed by atoms with E-state index in [1.54, 1.807) is 4.90 Å². The van der Waals surface area contributed by atoms with Crippen molar-refractivity contribution in [1.82, 2.24) is 15.0 Å². The van der Waals surface area contributed by atoms with E-state index in [9.17, 15) is 30.4 Å². The van der Waals surface area contributed by atoms with Crippen molar-refractivity contribution in [2.75, 3.05) is 36.9 Å². The van der Waals surface area contributed by atoms with E-state index in [0.717, 1.165) is 18.3 Å². The summed E-state index contributed by atoms with van der Waals surface area (Å²) in [6.45, 7) is 3.76. The van der Waals surface area contributed by atoms with Gasteiger partial charge in [0, 0.05) is 24.8 Å². The van der Waals surface area contributed by atoms with Crippen LogP contribution < -0.4 is 10.6 Å². The largest absolute Gasteiger partial charge is 0.417 e. The number of halogens is 5. The molecule has 3 aromatic rings. The van der Waals surface area contributed by atoms with Gasteiger partial charge in [-0.25, -0.2) is 32.2 Å². The van der Waals surface area contributed by atoms with Crippen LogP contribution in [0.25, 0.3) is 11.3 Å². The Morgan fingerprint density at radius 1 is 1.00 bits per heavy atom. The summed E-state index contributed by atoms with van der Waals surface area (Å²) in [5, 5.41) is 0. The molecule has 1 saturated heterocycles. The number of sulfone groups is 1. The average molecular weight is 544 g/mol. The van der Waals surface area contributed by atoms with Gasteiger partial charge in [-0.15, -0.1) is 0 Å². The Labute approximate surface area is 209 Å². The fourth-order valence-corrected chi connectivity index (χ4v) is 5.25. The second kappa shape index (κ2) is 9.49. The SMILES string of the molecule is CC(C)(c1cc(-c2cnc(N)cc2C(F)(F)F)nc(N2CCOCC2)n1)S(=O)(=O)c1ccc(F)c(F)c1. The molecule has 0 spiro atoms. The Balaban J connectivity index is 1.94. The normalized spacial score (nSPS) is 15.2. The summed E-state index contributed by atoms with van der Waals surface area (Å²) in [5.74, 6) is -2.97. The van der Waals surface area contributed by atoms with Gasteiger partial charge in [-0.2, -0.15) is 13.2 Å². The number of alkyl halides is 3. The zero-order chi connectivity index (χ0) is 27.2. The standard InChI is InChI=1S/C23H22F5N5O3S/c1-22(2,37(34,35)13-3-4-16(24)17(25)9-13)19-11-18(31-21(32-19)33-5-7-36-8-6-33)14-12-30-20(29)10-15(14)23(26,27)28/h3-4,9-12H,5-8H2,1-2H3,(H2,29,30). The van der Waals surface area contributed by atoms with Crippen molar-refractivity contribution in [3.8, 4) is 11.3 Å². The second-order valence-corrected chi connectivity index (χ2v) is 11.3. The minimum atomic E-state index is -4.82. The molecule has 0 atom stereocenters. The molecule has 2 aromatic heterocycles. The van der Waals surface area contributed by atoms with Gasteiger partial charge in [-0.05, 0) is 44.2 Å². The molecular formula is C23H22F5N5O3S. The van der Waals surface area contributed by atoms with Gasteiger partial charge < -0.3 is 15.4 Å². The van der Waals surface area contributed by atoms with Crippen molar-refractivity contribution in [2.45, 2.75) is 29.7 Å². The van der Waals surface area contributed by atoms with Crippen molar-refractivity contribution in [3.05, 3.63) is 59.4 Å². The summed E-state index contributed by atoms with van der Waals surface area (Å²) in [4.78, 5) is 13.6. The zero-order valence-electron chi connectivity index (χ0n) is 19.7. The summed E-state index contributed by atoms with van der Waals surface area (Å²) in [7, 11) is -4.42. The van der Waals surface area contributed by atoms with Crippen molar-refractivity contribution < 1.29 is 35.1 Å². The lowest BCUT2D eigenvalue weighted by molar-refractivity contribution is -0.137. The Hall–Kier alpha value is -3.39. The van der Waals surface area contributed by atoms with Gasteiger partial charge >= 0.3 is 6.18 Å². The van der Waals surface area contributed by atoms with Crippen LogP contribution in [-0.2, 0) is 25.5 Å². The number of aromatic nitrogens is 3. The quantitative estimate of drug-likeness (QED) is 0.380. The second-order valence-electron chi connectivity index (χ2n) is 8.78. The number of nitrogens with two attached hydrogens (primary N) is 1. The molecule has 1 fully saturated rings. The molecule has 37 heavy (non-hydrogen) atoms. The van der Waals surface area contributed by atoms with Crippen LogP contribution in [-0.4, -0.2) is 49.7 Å². The Morgan fingerprint density at radius 2 is 1.68 bits per heavy atom. The maximum atomic E-state index is 13.9. The summed E-state index contributed by atoms with van der Waals surface area (Å²) >= 11 is 0. The number of rotatable bonds is 5. The van der Waals surface area contributed by atoms with Crippen molar-refractivity contribution >= 4 is 21.6 Å². The van der Waals surface area contributed by atoms with Gasteiger partial charge in [-0.3, -0.25) is 0 Å². The van der Waals surface area contributed by atoms with Gasteiger partial charge in [0.05, 0.1) is 35.1 Å². The lowest BCUT2D eigenvalue weighted by atomic mass is 10.0. The first kappa shape index (κ1) is 26.7. The van der Waals surface area contributed by atoms with Crippen LogP contribution in [0.2, 0.25) is 0 Å². The monoisotopic (exact) mass is 543 g/mol. The molecule has 0 bridgehead atoms. The van der Waals surface area contributed by atoms with Gasteiger partial charge in [0.15, 0.2) is 21.5 Å². The highest BCUT2D eigenvalue weighted by atomic mass is 32.2. The van der Waals surface area contributed by atoms with E-state index in [1.807, 2.05) is 0 Å². The van der Waals surface area contributed by atoms with Gasteiger partial charge in [-0.1, -0.05) is 0 Å². The number of hydrogen-bond acceptors (Lipinski definition) is 8. The van der Waals surface area contributed by atoms with E-state index < -0.39 is 48.4 Å². The number of nitrogen functional groups attached to an aromatic ring is 1. The molecule has 8 nitrogen and oxygen atoms in total. The predicted octanol–water partition coefficient (Wildman–Crippen LogP) is 3.96. The number of pyridine rings is 1. The molecule has 3 heterocycles. The number of anilines is 2. The first-order valence-corrected chi connectivity index (χ1v) is 12.4. The Kier molecular flexibility index (Phi) is 6.84. The third-order valence-electron chi connectivity index (χ3n) is 6.00. The topological polar surface area (TPSA) is 111 Å². The van der Waals surface area contributed by atoms with E-state index in [2.05, 4.69) is 15.0 Å². The molecule has 0 unspecified atom stereocenters. The molecule has 0 radical (unpaired) electrons. The van der Waals surface area contributed by atoms with Gasteiger partial charge in [0.2, 0.25) is 5.95 Å². The lowest BCUT2D eigenvalue weighted by Crippen LogP contribution is -2.38. The van der Waals surface area contributed by atoms with E-state index in [-0.39, 0.29) is 23.2 Å². The van der Waals surface area contributed by atoms with E-state index in [0.29, 0.717) is 44.5 Å². The first-order chi connectivity index (χ1) is 17.2.